The topological polar surface area (TPSA) is 35.8 Å². The summed E-state index contributed by atoms with van der Waals surface area (Å²) >= 11 is 0. The van der Waals surface area contributed by atoms with Crippen molar-refractivity contribution in [3.8, 4) is 6.07 Å². The number of nitrogens with zero attached hydrogens (tertiary/aromatic N) is 1. The van der Waals surface area contributed by atoms with Crippen molar-refractivity contribution in [2.24, 2.45) is 5.41 Å². The Morgan fingerprint density at radius 3 is 2.65 bits per heavy atom. The summed E-state index contributed by atoms with van der Waals surface area (Å²) in [7, 11) is 0. The Morgan fingerprint density at radius 2 is 2.05 bits per heavy atom. The lowest BCUT2D eigenvalue weighted by Crippen LogP contribution is -2.58. The summed E-state index contributed by atoms with van der Waals surface area (Å²) in [4.78, 5) is 0. The largest absolute Gasteiger partial charge is 0.313 e. The molecule has 0 radical (unpaired) electrons. The van der Waals surface area contributed by atoms with E-state index in [9.17, 15) is 0 Å². The van der Waals surface area contributed by atoms with Crippen LogP contribution in [0.25, 0.3) is 0 Å². The lowest BCUT2D eigenvalue weighted by atomic mass is 9.51. The highest BCUT2D eigenvalue weighted by Crippen LogP contribution is 2.57. The van der Waals surface area contributed by atoms with E-state index < -0.39 is 0 Å². The minimum atomic E-state index is 0.364. The average Bonchev–Trinajstić information content (AvgIpc) is 2.48. The highest BCUT2D eigenvalue weighted by molar-refractivity contribution is 5.37. The molecule has 0 bridgehead atoms. The molecule has 1 aliphatic carbocycles. The molecule has 0 aliphatic heterocycles. The molecule has 2 atom stereocenters. The highest BCUT2D eigenvalue weighted by atomic mass is 15.0. The molecule has 1 fully saturated rings. The van der Waals surface area contributed by atoms with E-state index in [1.54, 1.807) is 0 Å². The maximum absolute atomic E-state index is 9.08. The summed E-state index contributed by atoms with van der Waals surface area (Å²) in [6, 6.07) is 11.1. The fourth-order valence-corrected chi connectivity index (χ4v) is 3.92. The molecule has 1 saturated carbocycles. The minimum absolute atomic E-state index is 0.364. The van der Waals surface area contributed by atoms with Gasteiger partial charge in [0.15, 0.2) is 0 Å². The third-order valence-corrected chi connectivity index (χ3v) is 5.23. The van der Waals surface area contributed by atoms with Crippen LogP contribution in [0.1, 0.15) is 63.5 Å². The Hall–Kier alpha value is -1.33. The van der Waals surface area contributed by atoms with Gasteiger partial charge in [-0.2, -0.15) is 5.26 Å². The van der Waals surface area contributed by atoms with Crippen LogP contribution in [0.5, 0.6) is 0 Å². The molecule has 1 aliphatic rings. The second kappa shape index (κ2) is 6.41. The van der Waals surface area contributed by atoms with Gasteiger partial charge in [0.2, 0.25) is 0 Å². The number of rotatable bonds is 6. The number of nitriles is 1. The first-order valence-electron chi connectivity index (χ1n) is 7.95. The molecule has 0 heterocycles. The summed E-state index contributed by atoms with van der Waals surface area (Å²) in [5.74, 6) is 0.597. The Bertz CT molecular complexity index is 482. The summed E-state index contributed by atoms with van der Waals surface area (Å²) in [5, 5.41) is 12.8. The minimum Gasteiger partial charge on any atom is -0.313 e. The predicted octanol–water partition coefficient (Wildman–Crippen LogP) is 4.22. The SMILES string of the molecule is CCCNC1CC(c2cccc(C#N)c2)C1(CC)CC. The summed E-state index contributed by atoms with van der Waals surface area (Å²) in [6.07, 6.45) is 4.80. The van der Waals surface area contributed by atoms with Crippen molar-refractivity contribution < 1.29 is 0 Å². The van der Waals surface area contributed by atoms with Crippen molar-refractivity contribution in [2.45, 2.75) is 58.4 Å². The molecule has 0 spiro atoms. The van der Waals surface area contributed by atoms with Gasteiger partial charge in [-0.15, -0.1) is 0 Å². The van der Waals surface area contributed by atoms with Crippen LogP contribution in [0.4, 0.5) is 0 Å². The zero-order valence-corrected chi connectivity index (χ0v) is 12.9. The third kappa shape index (κ3) is 2.47. The molecule has 1 aromatic carbocycles. The second-order valence-corrected chi connectivity index (χ2v) is 5.97. The average molecular weight is 270 g/mol. The second-order valence-electron chi connectivity index (χ2n) is 5.97. The highest BCUT2D eigenvalue weighted by Gasteiger charge is 2.52. The van der Waals surface area contributed by atoms with E-state index in [2.05, 4.69) is 44.3 Å². The quantitative estimate of drug-likeness (QED) is 0.840. The Morgan fingerprint density at radius 1 is 1.30 bits per heavy atom. The zero-order valence-electron chi connectivity index (χ0n) is 12.9. The van der Waals surface area contributed by atoms with E-state index in [0.717, 1.165) is 12.1 Å². The number of hydrogen-bond donors (Lipinski definition) is 1. The van der Waals surface area contributed by atoms with Crippen molar-refractivity contribution >= 4 is 0 Å². The fourth-order valence-electron chi connectivity index (χ4n) is 3.92. The summed E-state index contributed by atoms with van der Waals surface area (Å²) in [5.41, 5.74) is 2.50. The van der Waals surface area contributed by atoms with Crippen LogP contribution in [0, 0.1) is 16.7 Å². The van der Waals surface area contributed by atoms with Gasteiger partial charge in [0, 0.05) is 6.04 Å². The molecule has 0 amide bonds. The molecule has 2 rings (SSSR count). The predicted molar refractivity (Wildman–Crippen MR) is 83.6 cm³/mol. The van der Waals surface area contributed by atoms with E-state index in [-0.39, 0.29) is 0 Å². The van der Waals surface area contributed by atoms with Crippen LogP contribution in [0.15, 0.2) is 24.3 Å². The van der Waals surface area contributed by atoms with Crippen LogP contribution in [-0.2, 0) is 0 Å². The van der Waals surface area contributed by atoms with Gasteiger partial charge >= 0.3 is 0 Å². The van der Waals surface area contributed by atoms with Crippen molar-refractivity contribution in [3.05, 3.63) is 35.4 Å². The van der Waals surface area contributed by atoms with Crippen LogP contribution in [0.2, 0.25) is 0 Å². The van der Waals surface area contributed by atoms with E-state index in [4.69, 9.17) is 5.26 Å². The molecule has 1 N–H and O–H groups in total. The first-order chi connectivity index (χ1) is 9.71. The molecular weight excluding hydrogens is 244 g/mol. The molecule has 1 aromatic rings. The van der Waals surface area contributed by atoms with Gasteiger partial charge in [0.1, 0.15) is 0 Å². The first kappa shape index (κ1) is 15.1. The van der Waals surface area contributed by atoms with E-state index in [0.29, 0.717) is 17.4 Å². The van der Waals surface area contributed by atoms with Gasteiger partial charge in [0.25, 0.3) is 0 Å². The number of hydrogen-bond acceptors (Lipinski definition) is 2. The molecule has 0 saturated heterocycles. The van der Waals surface area contributed by atoms with Gasteiger partial charge in [-0.3, -0.25) is 0 Å². The van der Waals surface area contributed by atoms with E-state index in [1.165, 1.54) is 31.2 Å². The maximum Gasteiger partial charge on any atom is 0.0991 e. The van der Waals surface area contributed by atoms with Gasteiger partial charge in [-0.1, -0.05) is 32.9 Å². The fraction of sp³-hybridized carbons (Fsp3) is 0.611. The van der Waals surface area contributed by atoms with Gasteiger partial charge < -0.3 is 5.32 Å². The Labute approximate surface area is 123 Å². The van der Waals surface area contributed by atoms with Crippen LogP contribution in [-0.4, -0.2) is 12.6 Å². The molecule has 20 heavy (non-hydrogen) atoms. The smallest absolute Gasteiger partial charge is 0.0991 e. The molecular formula is C18H26N2. The molecule has 0 aromatic heterocycles. The van der Waals surface area contributed by atoms with Crippen LogP contribution < -0.4 is 5.32 Å². The molecule has 2 heteroatoms. The van der Waals surface area contributed by atoms with Gasteiger partial charge in [-0.25, -0.2) is 0 Å². The van der Waals surface area contributed by atoms with Gasteiger partial charge in [0.05, 0.1) is 11.6 Å². The van der Waals surface area contributed by atoms with Crippen molar-refractivity contribution in [1.29, 1.82) is 5.26 Å². The van der Waals surface area contributed by atoms with Crippen molar-refractivity contribution in [3.63, 3.8) is 0 Å². The summed E-state index contributed by atoms with van der Waals surface area (Å²) in [6.45, 7) is 7.95. The number of benzene rings is 1. The maximum atomic E-state index is 9.08. The zero-order chi connectivity index (χ0) is 14.6. The lowest BCUT2D eigenvalue weighted by Gasteiger charge is -2.57. The first-order valence-corrected chi connectivity index (χ1v) is 7.95. The van der Waals surface area contributed by atoms with Crippen LogP contribution in [0.3, 0.4) is 0 Å². The lowest BCUT2D eigenvalue weighted by molar-refractivity contribution is 0.0202. The molecule has 2 nitrogen and oxygen atoms in total. The van der Waals surface area contributed by atoms with Crippen molar-refractivity contribution in [1.82, 2.24) is 5.32 Å². The van der Waals surface area contributed by atoms with Crippen molar-refractivity contribution in [2.75, 3.05) is 6.54 Å². The monoisotopic (exact) mass is 270 g/mol. The third-order valence-electron chi connectivity index (χ3n) is 5.23. The van der Waals surface area contributed by atoms with E-state index >= 15 is 0 Å². The van der Waals surface area contributed by atoms with Crippen LogP contribution >= 0.6 is 0 Å². The standard InChI is InChI=1S/C18H26N2/c1-4-10-20-17-12-16(18(17,5-2)6-3)15-9-7-8-14(11-15)13-19/h7-9,11,16-17,20H,4-6,10,12H2,1-3H3. The Balaban J connectivity index is 2.22. The normalized spacial score (nSPS) is 23.9. The van der Waals surface area contributed by atoms with Gasteiger partial charge in [-0.05, 0) is 61.3 Å². The Kier molecular flexibility index (Phi) is 4.83. The summed E-state index contributed by atoms with van der Waals surface area (Å²) < 4.78 is 0. The van der Waals surface area contributed by atoms with E-state index in [1.807, 2.05) is 12.1 Å². The number of nitrogens with one attached hydrogen (secondary N) is 1. The molecule has 2 unspecified atom stereocenters. The molecule has 108 valence electrons.